The first kappa shape index (κ1) is 15.8. The van der Waals surface area contributed by atoms with Crippen molar-refractivity contribution in [2.24, 2.45) is 4.99 Å². The minimum absolute atomic E-state index is 0.0685. The molecule has 1 N–H and O–H groups in total. The molecule has 1 amide bonds. The van der Waals surface area contributed by atoms with Gasteiger partial charge in [0.1, 0.15) is 5.84 Å². The summed E-state index contributed by atoms with van der Waals surface area (Å²) in [5, 5.41) is 3.00. The van der Waals surface area contributed by atoms with Gasteiger partial charge < -0.3 is 10.2 Å². The normalized spacial score (nSPS) is 17.9. The number of nitrogens with one attached hydrogen (secondary N) is 1. The lowest BCUT2D eigenvalue weighted by atomic mass is 10.0. The fourth-order valence-electron chi connectivity index (χ4n) is 3.90. The molecule has 0 bridgehead atoms. The molecule has 5 rings (SSSR count). The molecule has 0 atom stereocenters. The number of carbonyl (C=O) groups is 1. The smallest absolute Gasteiger partial charge is 0.248 e. The molecule has 0 aliphatic carbocycles. The van der Waals surface area contributed by atoms with E-state index in [1.807, 2.05) is 18.3 Å². The van der Waals surface area contributed by atoms with Crippen molar-refractivity contribution in [3.8, 4) is 0 Å². The zero-order valence-electron chi connectivity index (χ0n) is 14.9. The van der Waals surface area contributed by atoms with Gasteiger partial charge in [-0.1, -0.05) is 48.5 Å². The summed E-state index contributed by atoms with van der Waals surface area (Å²) in [6.45, 7) is 0.831. The third-order valence-corrected chi connectivity index (χ3v) is 5.12. The van der Waals surface area contributed by atoms with Crippen LogP contribution in [0.2, 0.25) is 0 Å². The van der Waals surface area contributed by atoms with Crippen LogP contribution in [0.15, 0.2) is 94.9 Å². The molecule has 3 aliphatic heterocycles. The van der Waals surface area contributed by atoms with Crippen LogP contribution in [0.3, 0.4) is 0 Å². The second-order valence-corrected chi connectivity index (χ2v) is 6.95. The van der Waals surface area contributed by atoms with Crippen molar-refractivity contribution in [2.75, 3.05) is 6.54 Å². The highest BCUT2D eigenvalue weighted by Crippen LogP contribution is 2.34. The molecule has 132 valence electrons. The first-order chi connectivity index (χ1) is 13.3. The molecule has 4 nitrogen and oxygen atoms in total. The lowest BCUT2D eigenvalue weighted by Gasteiger charge is -2.27. The highest BCUT2D eigenvalue weighted by atomic mass is 16.1. The Morgan fingerprint density at radius 2 is 1.85 bits per heavy atom. The molecule has 0 fully saturated rings. The van der Waals surface area contributed by atoms with Crippen molar-refractivity contribution < 1.29 is 4.79 Å². The lowest BCUT2D eigenvalue weighted by Crippen LogP contribution is -2.31. The van der Waals surface area contributed by atoms with Gasteiger partial charge >= 0.3 is 0 Å². The van der Waals surface area contributed by atoms with Gasteiger partial charge in [0, 0.05) is 42.1 Å². The zero-order valence-corrected chi connectivity index (χ0v) is 14.9. The quantitative estimate of drug-likeness (QED) is 0.918. The van der Waals surface area contributed by atoms with Crippen LogP contribution in [0.4, 0.5) is 0 Å². The van der Waals surface area contributed by atoms with E-state index in [0.717, 1.165) is 47.8 Å². The largest absolute Gasteiger partial charge is 0.324 e. The number of amides is 1. The number of rotatable bonds is 3. The van der Waals surface area contributed by atoms with Gasteiger partial charge in [-0.05, 0) is 29.7 Å². The highest BCUT2D eigenvalue weighted by molar-refractivity contribution is 6.03. The van der Waals surface area contributed by atoms with Gasteiger partial charge in [0.15, 0.2) is 0 Å². The van der Waals surface area contributed by atoms with Crippen LogP contribution in [0.1, 0.15) is 23.1 Å². The van der Waals surface area contributed by atoms with Crippen LogP contribution in [0.25, 0.3) is 0 Å². The average Bonchev–Trinajstić information content (AvgIpc) is 3.03. The summed E-state index contributed by atoms with van der Waals surface area (Å²) in [5.41, 5.74) is 6.72. The molecule has 27 heavy (non-hydrogen) atoms. The Morgan fingerprint density at radius 1 is 1.00 bits per heavy atom. The maximum atomic E-state index is 11.9. The van der Waals surface area contributed by atoms with Crippen molar-refractivity contribution in [2.45, 2.75) is 12.8 Å². The standard InChI is InChI=1S/C23H19N3O/c27-21-10-9-19-15-24-23(26-12-11-20(25-21)22(19)26)18-8-4-7-17(14-18)13-16-5-2-1-3-6-16/h1-10,14-15H,11-13H2,(H,25,27). The third kappa shape index (κ3) is 2.89. The summed E-state index contributed by atoms with van der Waals surface area (Å²) in [6, 6.07) is 19.1. The number of hydrogen-bond acceptors (Lipinski definition) is 3. The third-order valence-electron chi connectivity index (χ3n) is 5.12. The Labute approximate surface area is 158 Å². The first-order valence-electron chi connectivity index (χ1n) is 9.19. The van der Waals surface area contributed by atoms with Crippen LogP contribution >= 0.6 is 0 Å². The van der Waals surface area contributed by atoms with E-state index in [4.69, 9.17) is 4.99 Å². The van der Waals surface area contributed by atoms with Crippen molar-refractivity contribution in [3.05, 3.63) is 107 Å². The predicted molar refractivity (Wildman–Crippen MR) is 106 cm³/mol. The number of aliphatic imine (C=N–C) groups is 1. The molecule has 0 radical (unpaired) electrons. The highest BCUT2D eigenvalue weighted by Gasteiger charge is 2.32. The molecule has 2 aromatic carbocycles. The van der Waals surface area contributed by atoms with Crippen molar-refractivity contribution >= 4 is 11.7 Å². The SMILES string of the molecule is O=C1C=CC2=CN=C(c3cccc(Cc4ccccc4)c3)N3CCC(=C23)N1. The van der Waals surface area contributed by atoms with Crippen molar-refractivity contribution in [1.29, 1.82) is 0 Å². The molecular formula is C23H19N3O. The maximum Gasteiger partial charge on any atom is 0.248 e. The summed E-state index contributed by atoms with van der Waals surface area (Å²) in [5.74, 6) is 0.879. The number of nitrogens with zero attached hydrogens (tertiary/aromatic N) is 2. The Morgan fingerprint density at radius 3 is 2.74 bits per heavy atom. The molecule has 0 saturated carbocycles. The van der Waals surface area contributed by atoms with Gasteiger partial charge in [-0.3, -0.25) is 4.79 Å². The Balaban J connectivity index is 1.50. The van der Waals surface area contributed by atoms with Gasteiger partial charge in [-0.15, -0.1) is 0 Å². The Bertz CT molecular complexity index is 1040. The number of benzene rings is 2. The van der Waals surface area contributed by atoms with E-state index in [9.17, 15) is 4.79 Å². The minimum Gasteiger partial charge on any atom is -0.324 e. The summed E-state index contributed by atoms with van der Waals surface area (Å²) in [4.78, 5) is 18.8. The summed E-state index contributed by atoms with van der Waals surface area (Å²) in [6.07, 6.45) is 7.01. The molecule has 3 aliphatic rings. The fraction of sp³-hybridized carbons (Fsp3) is 0.130. The number of amidine groups is 1. The molecular weight excluding hydrogens is 334 g/mol. The minimum atomic E-state index is -0.0685. The van der Waals surface area contributed by atoms with Gasteiger partial charge in [0.2, 0.25) is 5.91 Å². The topological polar surface area (TPSA) is 44.7 Å². The van der Waals surface area contributed by atoms with E-state index >= 15 is 0 Å². The Hall–Kier alpha value is -3.40. The predicted octanol–water partition coefficient (Wildman–Crippen LogP) is 3.52. The first-order valence-corrected chi connectivity index (χ1v) is 9.19. The molecule has 3 heterocycles. The molecule has 0 saturated heterocycles. The lowest BCUT2D eigenvalue weighted by molar-refractivity contribution is -0.115. The Kier molecular flexibility index (Phi) is 3.75. The van der Waals surface area contributed by atoms with Gasteiger partial charge in [0.25, 0.3) is 0 Å². The number of allylic oxidation sites excluding steroid dienone is 1. The van der Waals surface area contributed by atoms with Crippen LogP contribution in [0, 0.1) is 0 Å². The number of carbonyl (C=O) groups excluding carboxylic acids is 1. The molecule has 0 aromatic heterocycles. The van der Waals surface area contributed by atoms with Crippen molar-refractivity contribution in [1.82, 2.24) is 10.2 Å². The van der Waals surface area contributed by atoms with E-state index in [-0.39, 0.29) is 5.91 Å². The average molecular weight is 353 g/mol. The van der Waals surface area contributed by atoms with Gasteiger partial charge in [-0.2, -0.15) is 0 Å². The van der Waals surface area contributed by atoms with Gasteiger partial charge in [0.05, 0.1) is 5.70 Å². The van der Waals surface area contributed by atoms with Crippen LogP contribution in [-0.2, 0) is 11.2 Å². The molecule has 0 unspecified atom stereocenters. The zero-order chi connectivity index (χ0) is 18.2. The van der Waals surface area contributed by atoms with Gasteiger partial charge in [-0.25, -0.2) is 4.99 Å². The van der Waals surface area contributed by atoms with E-state index in [1.165, 1.54) is 11.1 Å². The molecule has 2 aromatic rings. The second-order valence-electron chi connectivity index (χ2n) is 6.95. The maximum absolute atomic E-state index is 11.9. The van der Waals surface area contributed by atoms with E-state index < -0.39 is 0 Å². The summed E-state index contributed by atoms with van der Waals surface area (Å²) < 4.78 is 0. The van der Waals surface area contributed by atoms with Crippen LogP contribution in [0.5, 0.6) is 0 Å². The fourth-order valence-corrected chi connectivity index (χ4v) is 3.90. The summed E-state index contributed by atoms with van der Waals surface area (Å²) >= 11 is 0. The monoisotopic (exact) mass is 353 g/mol. The van der Waals surface area contributed by atoms with E-state index in [0.29, 0.717) is 0 Å². The number of hydrogen-bond donors (Lipinski definition) is 1. The van der Waals surface area contributed by atoms with Crippen LogP contribution in [-0.4, -0.2) is 23.2 Å². The van der Waals surface area contributed by atoms with Crippen molar-refractivity contribution in [3.63, 3.8) is 0 Å². The molecule has 4 heteroatoms. The second kappa shape index (κ2) is 6.40. The molecule has 0 spiro atoms. The summed E-state index contributed by atoms with van der Waals surface area (Å²) in [7, 11) is 0. The van der Waals surface area contributed by atoms with E-state index in [1.54, 1.807) is 6.08 Å². The van der Waals surface area contributed by atoms with Crippen LogP contribution < -0.4 is 5.32 Å². The van der Waals surface area contributed by atoms with E-state index in [2.05, 4.69) is 58.7 Å².